The van der Waals surface area contributed by atoms with Gasteiger partial charge in [0, 0.05) is 24.4 Å². The zero-order valence-corrected chi connectivity index (χ0v) is 14.6. The van der Waals surface area contributed by atoms with E-state index in [-0.39, 0.29) is 12.5 Å². The number of imidazole rings is 1. The molecule has 0 atom stereocenters. The maximum atomic E-state index is 11.7. The predicted octanol–water partition coefficient (Wildman–Crippen LogP) is 3.44. The van der Waals surface area contributed by atoms with Crippen LogP contribution in [-0.4, -0.2) is 34.0 Å². The lowest BCUT2D eigenvalue weighted by Crippen LogP contribution is -2.17. The molecule has 0 bridgehead atoms. The van der Waals surface area contributed by atoms with Gasteiger partial charge in [0.25, 0.3) is 0 Å². The highest BCUT2D eigenvalue weighted by atomic mass is 16.5. The van der Waals surface area contributed by atoms with Crippen LogP contribution in [0.5, 0.6) is 0 Å². The van der Waals surface area contributed by atoms with Crippen LogP contribution in [0.15, 0.2) is 54.9 Å². The van der Waals surface area contributed by atoms with Crippen LogP contribution in [0.25, 0.3) is 27.9 Å². The molecule has 6 heteroatoms. The van der Waals surface area contributed by atoms with Crippen molar-refractivity contribution in [3.63, 3.8) is 0 Å². The van der Waals surface area contributed by atoms with Gasteiger partial charge in [0.2, 0.25) is 5.91 Å². The number of nitrogens with zero attached hydrogens (tertiary/aromatic N) is 3. The largest absolute Gasteiger partial charge is 0.375 e. The summed E-state index contributed by atoms with van der Waals surface area (Å²) in [5.41, 5.74) is 5.28. The number of fused-ring (bicyclic) bond motifs is 2. The Bertz CT molecular complexity index is 1120. The Morgan fingerprint density at radius 2 is 2.12 bits per heavy atom. The fourth-order valence-corrected chi connectivity index (χ4v) is 3.06. The molecule has 0 radical (unpaired) electrons. The lowest BCUT2D eigenvalue weighted by molar-refractivity contribution is -0.119. The van der Waals surface area contributed by atoms with Gasteiger partial charge in [-0.25, -0.2) is 9.97 Å². The van der Waals surface area contributed by atoms with E-state index in [4.69, 9.17) is 9.72 Å². The van der Waals surface area contributed by atoms with Crippen molar-refractivity contribution in [1.29, 1.82) is 0 Å². The normalized spacial score (nSPS) is 11.2. The number of nitrogens with one attached hydrogen (secondary N) is 1. The second kappa shape index (κ2) is 6.57. The number of methoxy groups -OCH3 is 1. The minimum atomic E-state index is -0.193. The maximum Gasteiger partial charge on any atom is 0.250 e. The van der Waals surface area contributed by atoms with E-state index in [0.29, 0.717) is 5.69 Å². The van der Waals surface area contributed by atoms with E-state index in [9.17, 15) is 4.79 Å². The van der Waals surface area contributed by atoms with Crippen LogP contribution in [-0.2, 0) is 9.53 Å². The zero-order chi connectivity index (χ0) is 18.1. The van der Waals surface area contributed by atoms with E-state index in [1.165, 1.54) is 7.11 Å². The van der Waals surface area contributed by atoms with E-state index in [0.717, 1.165) is 33.5 Å². The van der Waals surface area contributed by atoms with Gasteiger partial charge >= 0.3 is 0 Å². The second-order valence-electron chi connectivity index (χ2n) is 6.11. The number of hydrogen-bond donors (Lipinski definition) is 1. The summed E-state index contributed by atoms with van der Waals surface area (Å²) in [5.74, 6) is -0.193. The molecule has 0 saturated carbocycles. The average Bonchev–Trinajstić information content (AvgIpc) is 3.05. The number of aryl methyl sites for hydroxylation is 1. The van der Waals surface area contributed by atoms with E-state index in [1.54, 1.807) is 0 Å². The molecule has 4 rings (SSSR count). The van der Waals surface area contributed by atoms with Gasteiger partial charge in [0.15, 0.2) is 0 Å². The van der Waals surface area contributed by atoms with Crippen LogP contribution in [0.1, 0.15) is 5.56 Å². The lowest BCUT2D eigenvalue weighted by atomic mass is 10.1. The fourth-order valence-electron chi connectivity index (χ4n) is 3.06. The number of amides is 1. The first-order valence-electron chi connectivity index (χ1n) is 8.28. The van der Waals surface area contributed by atoms with Crippen LogP contribution in [0.3, 0.4) is 0 Å². The number of ether oxygens (including phenoxy) is 1. The minimum absolute atomic E-state index is 0.0202. The summed E-state index contributed by atoms with van der Waals surface area (Å²) >= 11 is 0. The molecule has 1 N–H and O–H groups in total. The summed E-state index contributed by atoms with van der Waals surface area (Å²) in [7, 11) is 1.49. The predicted molar refractivity (Wildman–Crippen MR) is 101 cm³/mol. The molecule has 1 amide bonds. The van der Waals surface area contributed by atoms with E-state index < -0.39 is 0 Å². The van der Waals surface area contributed by atoms with Gasteiger partial charge in [-0.05, 0) is 42.8 Å². The molecular formula is C20H18N4O2. The summed E-state index contributed by atoms with van der Waals surface area (Å²) in [6.07, 6.45) is 3.80. The average molecular weight is 346 g/mol. The van der Waals surface area contributed by atoms with Crippen LogP contribution < -0.4 is 5.32 Å². The summed E-state index contributed by atoms with van der Waals surface area (Å²) in [6.45, 7) is 2.08. The number of benzene rings is 1. The van der Waals surface area contributed by atoms with Crippen molar-refractivity contribution >= 4 is 28.1 Å². The molecule has 0 unspecified atom stereocenters. The van der Waals surface area contributed by atoms with Crippen LogP contribution in [0.2, 0.25) is 0 Å². The number of pyridine rings is 2. The highest BCUT2D eigenvalue weighted by Crippen LogP contribution is 2.27. The molecule has 26 heavy (non-hydrogen) atoms. The van der Waals surface area contributed by atoms with Gasteiger partial charge in [-0.15, -0.1) is 0 Å². The highest BCUT2D eigenvalue weighted by Gasteiger charge is 2.11. The van der Waals surface area contributed by atoms with Crippen molar-refractivity contribution < 1.29 is 9.53 Å². The zero-order valence-electron chi connectivity index (χ0n) is 14.6. The molecule has 3 heterocycles. The van der Waals surface area contributed by atoms with Crippen molar-refractivity contribution in [1.82, 2.24) is 14.4 Å². The van der Waals surface area contributed by atoms with Crippen molar-refractivity contribution in [2.45, 2.75) is 6.92 Å². The monoisotopic (exact) mass is 346 g/mol. The molecular weight excluding hydrogens is 328 g/mol. The Kier molecular flexibility index (Phi) is 4.10. The van der Waals surface area contributed by atoms with Gasteiger partial charge in [0.1, 0.15) is 12.3 Å². The summed E-state index contributed by atoms with van der Waals surface area (Å²) in [5, 5.41) is 3.87. The van der Waals surface area contributed by atoms with Gasteiger partial charge in [0.05, 0.1) is 23.1 Å². The standard InChI is InChI=1S/C20H18N4O2/c1-13-9-17(18-11-21-19-5-3-4-8-24(18)19)23-16-10-14(6-7-15(13)16)22-20(25)12-26-2/h3-11H,12H2,1-2H3,(H,22,25). The van der Waals surface area contributed by atoms with Crippen molar-refractivity contribution in [2.24, 2.45) is 0 Å². The summed E-state index contributed by atoms with van der Waals surface area (Å²) in [4.78, 5) is 21.0. The van der Waals surface area contributed by atoms with Crippen LogP contribution in [0.4, 0.5) is 5.69 Å². The van der Waals surface area contributed by atoms with Crippen molar-refractivity contribution in [3.8, 4) is 11.4 Å². The Hall–Kier alpha value is -3.25. The number of aromatic nitrogens is 3. The number of hydrogen-bond acceptors (Lipinski definition) is 4. The maximum absolute atomic E-state index is 11.7. The van der Waals surface area contributed by atoms with Crippen molar-refractivity contribution in [3.05, 3.63) is 60.4 Å². The molecule has 1 aromatic carbocycles. The molecule has 0 aliphatic rings. The number of carbonyl (C=O) groups excluding carboxylic acids is 1. The quantitative estimate of drug-likeness (QED) is 0.614. The van der Waals surface area contributed by atoms with Crippen molar-refractivity contribution in [2.75, 3.05) is 19.0 Å². The molecule has 0 aliphatic carbocycles. The Labute approximate surface area is 150 Å². The first-order valence-corrected chi connectivity index (χ1v) is 8.28. The molecule has 3 aromatic heterocycles. The molecule has 0 spiro atoms. The molecule has 0 aliphatic heterocycles. The third-order valence-electron chi connectivity index (χ3n) is 4.26. The number of anilines is 1. The number of rotatable bonds is 4. The molecule has 6 nitrogen and oxygen atoms in total. The smallest absolute Gasteiger partial charge is 0.250 e. The van der Waals surface area contributed by atoms with E-state index in [1.807, 2.05) is 53.2 Å². The van der Waals surface area contributed by atoms with Gasteiger partial charge in [-0.1, -0.05) is 12.1 Å². The summed E-state index contributed by atoms with van der Waals surface area (Å²) < 4.78 is 6.87. The number of carbonyl (C=O) groups is 1. The molecule has 0 fully saturated rings. The fraction of sp³-hybridized carbons (Fsp3) is 0.150. The van der Waals surface area contributed by atoms with E-state index in [2.05, 4.69) is 23.3 Å². The van der Waals surface area contributed by atoms with Gasteiger partial charge in [-0.2, -0.15) is 0 Å². The topological polar surface area (TPSA) is 68.5 Å². The van der Waals surface area contributed by atoms with Gasteiger partial charge < -0.3 is 10.1 Å². The molecule has 0 saturated heterocycles. The Balaban J connectivity index is 1.80. The third-order valence-corrected chi connectivity index (χ3v) is 4.26. The SMILES string of the molecule is COCC(=O)Nc1ccc2c(C)cc(-c3cnc4ccccn34)nc2c1. The lowest BCUT2D eigenvalue weighted by Gasteiger charge is -2.09. The first-order chi connectivity index (χ1) is 12.7. The molecule has 4 aromatic rings. The summed E-state index contributed by atoms with van der Waals surface area (Å²) in [6, 6.07) is 13.7. The Morgan fingerprint density at radius 3 is 2.96 bits per heavy atom. The third kappa shape index (κ3) is 2.91. The first kappa shape index (κ1) is 16.2. The second-order valence-corrected chi connectivity index (χ2v) is 6.11. The highest BCUT2D eigenvalue weighted by molar-refractivity contribution is 5.95. The van der Waals surface area contributed by atoms with Crippen LogP contribution >= 0.6 is 0 Å². The molecule has 130 valence electrons. The van der Waals surface area contributed by atoms with E-state index >= 15 is 0 Å². The Morgan fingerprint density at radius 1 is 1.23 bits per heavy atom. The van der Waals surface area contributed by atoms with Gasteiger partial charge in [-0.3, -0.25) is 9.20 Å². The minimum Gasteiger partial charge on any atom is -0.375 e. The van der Waals surface area contributed by atoms with Crippen LogP contribution in [0, 0.1) is 6.92 Å².